The SMILES string of the molecule is CCCn1nc(-c2ccc(C)c(C)c2)cc(C(C)N)c1=O. The van der Waals surface area contributed by atoms with Crippen LogP contribution in [-0.4, -0.2) is 9.78 Å². The fraction of sp³-hybridized carbons (Fsp3) is 0.412. The van der Waals surface area contributed by atoms with E-state index in [9.17, 15) is 4.79 Å². The second kappa shape index (κ2) is 6.22. The minimum atomic E-state index is -0.297. The molecular formula is C17H23N3O. The second-order valence-corrected chi connectivity index (χ2v) is 5.60. The van der Waals surface area contributed by atoms with Crippen LogP contribution in [0.4, 0.5) is 0 Å². The number of rotatable bonds is 4. The molecule has 2 rings (SSSR count). The van der Waals surface area contributed by atoms with Crippen molar-refractivity contribution in [2.75, 3.05) is 0 Å². The van der Waals surface area contributed by atoms with Crippen molar-refractivity contribution >= 4 is 0 Å². The third-order valence-electron chi connectivity index (χ3n) is 3.73. The summed E-state index contributed by atoms with van der Waals surface area (Å²) in [6, 6.07) is 7.74. The number of nitrogens with zero attached hydrogens (tertiary/aromatic N) is 2. The lowest BCUT2D eigenvalue weighted by molar-refractivity contribution is 0.559. The molecule has 4 heteroatoms. The van der Waals surface area contributed by atoms with Gasteiger partial charge < -0.3 is 5.73 Å². The van der Waals surface area contributed by atoms with Gasteiger partial charge in [-0.05, 0) is 50.5 Å². The van der Waals surface area contributed by atoms with E-state index in [1.165, 1.54) is 15.8 Å². The average Bonchev–Trinajstić information content (AvgIpc) is 2.44. The highest BCUT2D eigenvalue weighted by Gasteiger charge is 2.13. The molecule has 21 heavy (non-hydrogen) atoms. The molecule has 0 saturated heterocycles. The van der Waals surface area contributed by atoms with E-state index in [1.54, 1.807) is 0 Å². The molecule has 0 spiro atoms. The van der Waals surface area contributed by atoms with Crippen LogP contribution in [0.2, 0.25) is 0 Å². The predicted octanol–water partition coefficient (Wildman–Crippen LogP) is 2.96. The van der Waals surface area contributed by atoms with E-state index in [0.29, 0.717) is 12.1 Å². The summed E-state index contributed by atoms with van der Waals surface area (Å²) < 4.78 is 1.53. The van der Waals surface area contributed by atoms with E-state index in [0.717, 1.165) is 17.7 Å². The standard InChI is InChI=1S/C17H23N3O/c1-5-8-20-17(21)15(13(4)18)10-16(19-20)14-7-6-11(2)12(3)9-14/h6-7,9-10,13H,5,8,18H2,1-4H3. The quantitative estimate of drug-likeness (QED) is 0.939. The predicted molar refractivity (Wildman–Crippen MR) is 86.3 cm³/mol. The number of aromatic nitrogens is 2. The number of benzene rings is 1. The molecule has 0 saturated carbocycles. The van der Waals surface area contributed by atoms with Crippen LogP contribution in [0.25, 0.3) is 11.3 Å². The van der Waals surface area contributed by atoms with Crippen LogP contribution in [-0.2, 0) is 6.54 Å². The number of hydrogen-bond acceptors (Lipinski definition) is 3. The van der Waals surface area contributed by atoms with Crippen molar-refractivity contribution in [2.24, 2.45) is 5.73 Å². The van der Waals surface area contributed by atoms with Crippen molar-refractivity contribution in [2.45, 2.75) is 46.7 Å². The summed E-state index contributed by atoms with van der Waals surface area (Å²) in [5.74, 6) is 0. The van der Waals surface area contributed by atoms with Gasteiger partial charge in [0.05, 0.1) is 5.69 Å². The Labute approximate surface area is 125 Å². The zero-order valence-corrected chi connectivity index (χ0v) is 13.2. The largest absolute Gasteiger partial charge is 0.324 e. The summed E-state index contributed by atoms with van der Waals surface area (Å²) in [6.45, 7) is 8.63. The second-order valence-electron chi connectivity index (χ2n) is 5.60. The molecular weight excluding hydrogens is 262 g/mol. The maximum atomic E-state index is 12.3. The Kier molecular flexibility index (Phi) is 4.58. The molecule has 1 unspecified atom stereocenters. The van der Waals surface area contributed by atoms with Gasteiger partial charge in [-0.2, -0.15) is 5.10 Å². The zero-order valence-electron chi connectivity index (χ0n) is 13.2. The smallest absolute Gasteiger partial charge is 0.271 e. The molecule has 2 N–H and O–H groups in total. The van der Waals surface area contributed by atoms with E-state index in [-0.39, 0.29) is 11.6 Å². The number of hydrogen-bond donors (Lipinski definition) is 1. The minimum absolute atomic E-state index is 0.0839. The van der Waals surface area contributed by atoms with Crippen LogP contribution < -0.4 is 11.3 Å². The summed E-state index contributed by atoms with van der Waals surface area (Å²) in [5.41, 5.74) is 10.8. The van der Waals surface area contributed by atoms with Gasteiger partial charge >= 0.3 is 0 Å². The molecule has 0 bridgehead atoms. The molecule has 1 aromatic heterocycles. The first kappa shape index (κ1) is 15.4. The van der Waals surface area contributed by atoms with E-state index in [2.05, 4.69) is 31.1 Å². The molecule has 1 atom stereocenters. The lowest BCUT2D eigenvalue weighted by Crippen LogP contribution is -2.29. The van der Waals surface area contributed by atoms with Crippen LogP contribution >= 0.6 is 0 Å². The molecule has 0 radical (unpaired) electrons. The third-order valence-corrected chi connectivity index (χ3v) is 3.73. The molecule has 0 aliphatic rings. The summed E-state index contributed by atoms with van der Waals surface area (Å²) in [4.78, 5) is 12.3. The van der Waals surface area contributed by atoms with Gasteiger partial charge in [-0.15, -0.1) is 0 Å². The summed E-state index contributed by atoms with van der Waals surface area (Å²) in [6.07, 6.45) is 0.863. The fourth-order valence-electron chi connectivity index (χ4n) is 2.29. The fourth-order valence-corrected chi connectivity index (χ4v) is 2.29. The van der Waals surface area contributed by atoms with Gasteiger partial charge in [0.2, 0.25) is 0 Å². The molecule has 2 aromatic rings. The van der Waals surface area contributed by atoms with Gasteiger partial charge in [0.1, 0.15) is 0 Å². The normalized spacial score (nSPS) is 12.4. The molecule has 0 aliphatic heterocycles. The lowest BCUT2D eigenvalue weighted by Gasteiger charge is -2.13. The zero-order chi connectivity index (χ0) is 15.6. The van der Waals surface area contributed by atoms with Gasteiger partial charge in [-0.1, -0.05) is 19.1 Å². The van der Waals surface area contributed by atoms with Crippen molar-refractivity contribution in [3.63, 3.8) is 0 Å². The first-order valence-electron chi connectivity index (χ1n) is 7.39. The lowest BCUT2D eigenvalue weighted by atomic mass is 10.0. The summed E-state index contributed by atoms with van der Waals surface area (Å²) in [5, 5.41) is 4.49. The van der Waals surface area contributed by atoms with Crippen LogP contribution in [0.3, 0.4) is 0 Å². The highest BCUT2D eigenvalue weighted by atomic mass is 16.1. The summed E-state index contributed by atoms with van der Waals surface area (Å²) in [7, 11) is 0. The van der Waals surface area contributed by atoms with Gasteiger partial charge in [0.25, 0.3) is 5.56 Å². The van der Waals surface area contributed by atoms with Crippen molar-refractivity contribution in [1.82, 2.24) is 9.78 Å². The number of nitrogens with two attached hydrogens (primary N) is 1. The first-order valence-corrected chi connectivity index (χ1v) is 7.39. The maximum absolute atomic E-state index is 12.3. The average molecular weight is 285 g/mol. The van der Waals surface area contributed by atoms with Gasteiger partial charge in [0, 0.05) is 23.7 Å². The highest BCUT2D eigenvalue weighted by Crippen LogP contribution is 2.21. The maximum Gasteiger partial charge on any atom is 0.271 e. The van der Waals surface area contributed by atoms with Crippen molar-refractivity contribution in [3.8, 4) is 11.3 Å². The Morgan fingerprint density at radius 2 is 1.95 bits per heavy atom. The monoisotopic (exact) mass is 285 g/mol. The van der Waals surface area contributed by atoms with E-state index >= 15 is 0 Å². The topological polar surface area (TPSA) is 60.9 Å². The van der Waals surface area contributed by atoms with Crippen LogP contribution in [0, 0.1) is 13.8 Å². The molecule has 0 amide bonds. The van der Waals surface area contributed by atoms with E-state index < -0.39 is 0 Å². The van der Waals surface area contributed by atoms with Crippen molar-refractivity contribution in [1.29, 1.82) is 0 Å². The Bertz CT molecular complexity index is 702. The Balaban J connectivity index is 2.62. The van der Waals surface area contributed by atoms with Gasteiger partial charge in [0.15, 0.2) is 0 Å². The van der Waals surface area contributed by atoms with Gasteiger partial charge in [-0.3, -0.25) is 4.79 Å². The molecule has 1 heterocycles. The van der Waals surface area contributed by atoms with Gasteiger partial charge in [-0.25, -0.2) is 4.68 Å². The molecule has 1 aromatic carbocycles. The van der Waals surface area contributed by atoms with E-state index in [1.807, 2.05) is 26.0 Å². The molecule has 112 valence electrons. The molecule has 4 nitrogen and oxygen atoms in total. The number of aryl methyl sites for hydroxylation is 3. The van der Waals surface area contributed by atoms with Crippen LogP contribution in [0.1, 0.15) is 43.0 Å². The first-order chi connectivity index (χ1) is 9.93. The van der Waals surface area contributed by atoms with E-state index in [4.69, 9.17) is 5.73 Å². The minimum Gasteiger partial charge on any atom is -0.324 e. The Hall–Kier alpha value is -1.94. The third kappa shape index (κ3) is 3.22. The van der Waals surface area contributed by atoms with Crippen LogP contribution in [0.5, 0.6) is 0 Å². The van der Waals surface area contributed by atoms with Crippen molar-refractivity contribution in [3.05, 3.63) is 51.3 Å². The molecule has 0 fully saturated rings. The Morgan fingerprint density at radius 3 is 2.52 bits per heavy atom. The summed E-state index contributed by atoms with van der Waals surface area (Å²) >= 11 is 0. The van der Waals surface area contributed by atoms with Crippen molar-refractivity contribution < 1.29 is 0 Å². The van der Waals surface area contributed by atoms with Crippen LogP contribution in [0.15, 0.2) is 29.1 Å². The Morgan fingerprint density at radius 1 is 1.24 bits per heavy atom. The highest BCUT2D eigenvalue weighted by molar-refractivity contribution is 5.61. The molecule has 0 aliphatic carbocycles.